The summed E-state index contributed by atoms with van der Waals surface area (Å²) in [5, 5.41) is 22.8. The number of nitrogens with one attached hydrogen (secondary N) is 1. The molecule has 2 aromatic heterocycles. The van der Waals surface area contributed by atoms with E-state index in [1.807, 2.05) is 35.0 Å². The molecule has 2 N–H and O–H groups in total. The molecule has 2 aliphatic heterocycles. The molecular formula is C22H25N5O2. The number of aromatic nitrogens is 4. The summed E-state index contributed by atoms with van der Waals surface area (Å²) in [6.07, 6.45) is 9.67. The standard InChI is InChI=1S/C22H25N5O2/c1-21-7-8-22(2,26-21)13-16(12-21)29-20-6-5-18(24-25-20)17-4-3-15(11-19(17)28)27-10-9-23-14-27/h3-6,9-11,14,16,26,28H,7-8,12-13H2,1-2H3/t16?,21-,22+. The van der Waals surface area contributed by atoms with E-state index in [0.717, 1.165) is 18.5 Å². The molecule has 2 fully saturated rings. The van der Waals surface area contributed by atoms with Gasteiger partial charge >= 0.3 is 0 Å². The van der Waals surface area contributed by atoms with Crippen LogP contribution in [-0.4, -0.2) is 42.0 Å². The first-order valence-electron chi connectivity index (χ1n) is 10.0. The maximum Gasteiger partial charge on any atom is 0.233 e. The van der Waals surface area contributed by atoms with Crippen LogP contribution in [-0.2, 0) is 0 Å². The van der Waals surface area contributed by atoms with Crippen molar-refractivity contribution in [2.75, 3.05) is 0 Å². The van der Waals surface area contributed by atoms with E-state index in [9.17, 15) is 5.11 Å². The molecule has 0 saturated carbocycles. The molecule has 2 saturated heterocycles. The van der Waals surface area contributed by atoms with Crippen molar-refractivity contribution in [1.82, 2.24) is 25.1 Å². The number of hydrogen-bond acceptors (Lipinski definition) is 6. The highest BCUT2D eigenvalue weighted by atomic mass is 16.5. The molecule has 1 unspecified atom stereocenters. The molecule has 3 atom stereocenters. The Hall–Kier alpha value is -2.93. The Bertz CT molecular complexity index is 1000. The minimum atomic E-state index is 0.136. The fourth-order valence-corrected chi connectivity index (χ4v) is 4.88. The van der Waals surface area contributed by atoms with E-state index in [1.54, 1.807) is 18.6 Å². The van der Waals surface area contributed by atoms with Gasteiger partial charge in [-0.3, -0.25) is 0 Å². The second kappa shape index (κ2) is 6.56. The molecular weight excluding hydrogens is 366 g/mol. The lowest BCUT2D eigenvalue weighted by Gasteiger charge is -2.41. The summed E-state index contributed by atoms with van der Waals surface area (Å²) in [7, 11) is 0. The number of phenols is 1. The third kappa shape index (κ3) is 3.46. The Balaban J connectivity index is 1.32. The maximum absolute atomic E-state index is 10.5. The van der Waals surface area contributed by atoms with Crippen molar-refractivity contribution in [2.45, 2.75) is 56.7 Å². The first-order valence-corrected chi connectivity index (χ1v) is 10.0. The molecule has 7 nitrogen and oxygen atoms in total. The first-order chi connectivity index (χ1) is 13.9. The van der Waals surface area contributed by atoms with Gasteiger partial charge in [-0.15, -0.1) is 10.2 Å². The summed E-state index contributed by atoms with van der Waals surface area (Å²) in [6.45, 7) is 4.55. The highest BCUT2D eigenvalue weighted by molar-refractivity contribution is 5.68. The number of imidazole rings is 1. The van der Waals surface area contributed by atoms with Gasteiger partial charge in [-0.25, -0.2) is 4.98 Å². The lowest BCUT2D eigenvalue weighted by molar-refractivity contribution is 0.0754. The number of piperidine rings is 1. The molecule has 7 heteroatoms. The number of rotatable bonds is 4. The Morgan fingerprint density at radius 1 is 1.10 bits per heavy atom. The van der Waals surface area contributed by atoms with Crippen molar-refractivity contribution in [3.8, 4) is 28.6 Å². The van der Waals surface area contributed by atoms with Crippen molar-refractivity contribution in [3.05, 3.63) is 49.1 Å². The second-order valence-electron chi connectivity index (χ2n) is 8.82. The van der Waals surface area contributed by atoms with Gasteiger partial charge in [0.1, 0.15) is 11.9 Å². The summed E-state index contributed by atoms with van der Waals surface area (Å²) < 4.78 is 8.00. The highest BCUT2D eigenvalue weighted by Gasteiger charge is 2.49. The molecule has 4 heterocycles. The number of hydrogen-bond donors (Lipinski definition) is 2. The Morgan fingerprint density at radius 3 is 2.52 bits per heavy atom. The number of ether oxygens (including phenoxy) is 1. The fourth-order valence-electron chi connectivity index (χ4n) is 4.88. The summed E-state index contributed by atoms with van der Waals surface area (Å²) in [4.78, 5) is 4.03. The van der Waals surface area contributed by atoms with Gasteiger partial charge in [-0.05, 0) is 44.9 Å². The monoisotopic (exact) mass is 391 g/mol. The summed E-state index contributed by atoms with van der Waals surface area (Å²) in [5.41, 5.74) is 2.37. The number of phenolic OH excluding ortho intramolecular Hbond substituents is 1. The minimum Gasteiger partial charge on any atom is -0.507 e. The van der Waals surface area contributed by atoms with E-state index in [-0.39, 0.29) is 22.9 Å². The molecule has 150 valence electrons. The van der Waals surface area contributed by atoms with Crippen molar-refractivity contribution >= 4 is 0 Å². The summed E-state index contributed by atoms with van der Waals surface area (Å²) >= 11 is 0. The zero-order valence-electron chi connectivity index (χ0n) is 16.7. The number of fused-ring (bicyclic) bond motifs is 2. The van der Waals surface area contributed by atoms with Gasteiger partial charge in [0.15, 0.2) is 0 Å². The number of aromatic hydroxyl groups is 1. The Morgan fingerprint density at radius 2 is 1.90 bits per heavy atom. The van der Waals surface area contributed by atoms with E-state index in [2.05, 4.69) is 34.3 Å². The molecule has 0 aliphatic carbocycles. The van der Waals surface area contributed by atoms with Crippen molar-refractivity contribution in [3.63, 3.8) is 0 Å². The SMILES string of the molecule is C[C@]12CC[C@](C)(CC(Oc3ccc(-c4ccc(-n5ccnc5)cc4O)nn3)C1)N2. The molecule has 2 aliphatic rings. The predicted octanol–water partition coefficient (Wildman–Crippen LogP) is 3.48. The van der Waals surface area contributed by atoms with Crippen LogP contribution in [0.25, 0.3) is 16.9 Å². The molecule has 2 bridgehead atoms. The van der Waals surface area contributed by atoms with Crippen LogP contribution in [0.15, 0.2) is 49.1 Å². The van der Waals surface area contributed by atoms with Crippen LogP contribution in [0.3, 0.4) is 0 Å². The zero-order chi connectivity index (χ0) is 20.1. The van der Waals surface area contributed by atoms with Gasteiger partial charge in [-0.2, -0.15) is 0 Å². The van der Waals surface area contributed by atoms with Crippen molar-refractivity contribution in [2.24, 2.45) is 0 Å². The normalized spacial score (nSPS) is 28.4. The lowest BCUT2D eigenvalue weighted by atomic mass is 9.86. The van der Waals surface area contributed by atoms with Crippen LogP contribution >= 0.6 is 0 Å². The van der Waals surface area contributed by atoms with E-state index in [0.29, 0.717) is 17.1 Å². The van der Waals surface area contributed by atoms with Gasteiger partial charge in [0.25, 0.3) is 0 Å². The lowest BCUT2D eigenvalue weighted by Crippen LogP contribution is -2.56. The van der Waals surface area contributed by atoms with Gasteiger partial charge in [0.05, 0.1) is 17.7 Å². The number of benzene rings is 1. The van der Waals surface area contributed by atoms with Crippen LogP contribution < -0.4 is 10.1 Å². The maximum atomic E-state index is 10.5. The first kappa shape index (κ1) is 18.1. The van der Waals surface area contributed by atoms with Crippen LogP contribution in [0.5, 0.6) is 11.6 Å². The van der Waals surface area contributed by atoms with E-state index in [4.69, 9.17) is 4.74 Å². The zero-order valence-corrected chi connectivity index (χ0v) is 16.7. The molecule has 3 aromatic rings. The topological polar surface area (TPSA) is 85.1 Å². The van der Waals surface area contributed by atoms with Crippen molar-refractivity contribution in [1.29, 1.82) is 0 Å². The Labute approximate surface area is 169 Å². The average Bonchev–Trinajstić information content (AvgIpc) is 3.28. The van der Waals surface area contributed by atoms with Gasteiger partial charge in [-0.1, -0.05) is 0 Å². The van der Waals surface area contributed by atoms with E-state index < -0.39 is 0 Å². The largest absolute Gasteiger partial charge is 0.507 e. The molecule has 29 heavy (non-hydrogen) atoms. The minimum absolute atomic E-state index is 0.136. The van der Waals surface area contributed by atoms with Gasteiger partial charge in [0.2, 0.25) is 5.88 Å². The van der Waals surface area contributed by atoms with Crippen LogP contribution in [0.2, 0.25) is 0 Å². The summed E-state index contributed by atoms with van der Waals surface area (Å²) in [5.74, 6) is 0.678. The average molecular weight is 391 g/mol. The molecule has 0 radical (unpaired) electrons. The van der Waals surface area contributed by atoms with Crippen LogP contribution in [0, 0.1) is 0 Å². The molecule has 0 amide bonds. The predicted molar refractivity (Wildman–Crippen MR) is 109 cm³/mol. The molecule has 5 rings (SSSR count). The van der Waals surface area contributed by atoms with E-state index >= 15 is 0 Å². The highest BCUT2D eigenvalue weighted by Crippen LogP contribution is 2.43. The molecule has 1 aromatic carbocycles. The van der Waals surface area contributed by atoms with Crippen molar-refractivity contribution < 1.29 is 9.84 Å². The van der Waals surface area contributed by atoms with Gasteiger partial charge < -0.3 is 19.7 Å². The van der Waals surface area contributed by atoms with Crippen LogP contribution in [0.4, 0.5) is 0 Å². The fraction of sp³-hybridized carbons (Fsp3) is 0.409. The third-order valence-corrected chi connectivity index (χ3v) is 6.18. The summed E-state index contributed by atoms with van der Waals surface area (Å²) in [6, 6.07) is 9.11. The number of nitrogens with zero attached hydrogens (tertiary/aromatic N) is 4. The third-order valence-electron chi connectivity index (χ3n) is 6.18. The quantitative estimate of drug-likeness (QED) is 0.708. The van der Waals surface area contributed by atoms with Crippen LogP contribution in [0.1, 0.15) is 39.5 Å². The van der Waals surface area contributed by atoms with Gasteiger partial charge in [0, 0.05) is 54.0 Å². The smallest absolute Gasteiger partial charge is 0.233 e. The molecule has 0 spiro atoms. The second-order valence-corrected chi connectivity index (χ2v) is 8.82. The Kier molecular flexibility index (Phi) is 4.10. The van der Waals surface area contributed by atoms with E-state index in [1.165, 1.54) is 12.8 Å².